The third-order valence-electron chi connectivity index (χ3n) is 2.76. The second kappa shape index (κ2) is 6.99. The average Bonchev–Trinajstić information content (AvgIpc) is 2.48. The topological polar surface area (TPSA) is 60.2 Å². The monoisotopic (exact) mass is 305 g/mol. The maximum absolute atomic E-state index is 12.7. The Bertz CT molecular complexity index is 641. The summed E-state index contributed by atoms with van der Waals surface area (Å²) in [5.74, 6) is -0.0359. The highest BCUT2D eigenvalue weighted by atomic mass is 32.2. The van der Waals surface area contributed by atoms with Gasteiger partial charge in [0.05, 0.1) is 10.7 Å². The van der Waals surface area contributed by atoms with Crippen molar-refractivity contribution in [2.45, 2.75) is 11.3 Å². The quantitative estimate of drug-likeness (QED) is 0.464. The molecular formula is C15H12FNO3S. The first kappa shape index (κ1) is 15.2. The molecule has 108 valence electrons. The van der Waals surface area contributed by atoms with Crippen molar-refractivity contribution in [1.29, 1.82) is 0 Å². The summed E-state index contributed by atoms with van der Waals surface area (Å²) in [6.45, 7) is 0. The molecule has 0 saturated carbocycles. The summed E-state index contributed by atoms with van der Waals surface area (Å²) in [6.07, 6.45) is 0.250. The number of benzene rings is 2. The molecule has 6 heteroatoms. The fourth-order valence-electron chi connectivity index (χ4n) is 1.71. The zero-order valence-electron chi connectivity index (χ0n) is 11.0. The van der Waals surface area contributed by atoms with E-state index in [9.17, 15) is 19.3 Å². The molecule has 2 rings (SSSR count). The SMILES string of the molecule is O=C(CSc1ccc([N+](=O)[O-])cc1)Cc1ccc(F)cc1. The van der Waals surface area contributed by atoms with E-state index in [0.29, 0.717) is 0 Å². The van der Waals surface area contributed by atoms with E-state index in [-0.39, 0.29) is 29.5 Å². The van der Waals surface area contributed by atoms with E-state index in [4.69, 9.17) is 0 Å². The Hall–Kier alpha value is -2.21. The van der Waals surface area contributed by atoms with Gasteiger partial charge in [-0.05, 0) is 29.8 Å². The van der Waals surface area contributed by atoms with Crippen LogP contribution in [0.1, 0.15) is 5.56 Å². The number of hydrogen-bond acceptors (Lipinski definition) is 4. The van der Waals surface area contributed by atoms with E-state index in [1.807, 2.05) is 0 Å². The Morgan fingerprint density at radius 1 is 1.10 bits per heavy atom. The van der Waals surface area contributed by atoms with Crippen molar-refractivity contribution >= 4 is 23.2 Å². The second-order valence-corrected chi connectivity index (χ2v) is 5.43. The van der Waals surface area contributed by atoms with Crippen molar-refractivity contribution < 1.29 is 14.1 Å². The predicted octanol–water partition coefficient (Wildman–Crippen LogP) is 3.64. The first-order valence-electron chi connectivity index (χ1n) is 6.18. The van der Waals surface area contributed by atoms with Gasteiger partial charge in [0.25, 0.3) is 5.69 Å². The van der Waals surface area contributed by atoms with Crippen LogP contribution < -0.4 is 0 Å². The molecule has 0 aliphatic rings. The molecule has 0 N–H and O–H groups in total. The molecule has 21 heavy (non-hydrogen) atoms. The van der Waals surface area contributed by atoms with Crippen molar-refractivity contribution in [2.24, 2.45) is 0 Å². The van der Waals surface area contributed by atoms with Crippen LogP contribution in [0.25, 0.3) is 0 Å². The Morgan fingerprint density at radius 2 is 1.71 bits per heavy atom. The fourth-order valence-corrected chi connectivity index (χ4v) is 2.47. The summed E-state index contributed by atoms with van der Waals surface area (Å²) in [6, 6.07) is 11.9. The number of thioether (sulfide) groups is 1. The summed E-state index contributed by atoms with van der Waals surface area (Å²) in [4.78, 5) is 22.7. The number of carbonyl (C=O) groups is 1. The van der Waals surface area contributed by atoms with E-state index in [1.165, 1.54) is 36.0 Å². The summed E-state index contributed by atoms with van der Waals surface area (Å²) in [5.41, 5.74) is 0.794. The maximum Gasteiger partial charge on any atom is 0.269 e. The number of non-ortho nitro benzene ring substituents is 1. The lowest BCUT2D eigenvalue weighted by Crippen LogP contribution is -2.05. The Morgan fingerprint density at radius 3 is 2.29 bits per heavy atom. The number of halogens is 1. The molecule has 0 spiro atoms. The van der Waals surface area contributed by atoms with E-state index >= 15 is 0 Å². The molecule has 0 aromatic heterocycles. The van der Waals surface area contributed by atoms with E-state index in [0.717, 1.165) is 10.5 Å². The number of rotatable bonds is 6. The standard InChI is InChI=1S/C15H12FNO3S/c16-12-3-1-11(2-4-12)9-14(18)10-21-15-7-5-13(6-8-15)17(19)20/h1-8H,9-10H2. The van der Waals surface area contributed by atoms with Crippen molar-refractivity contribution in [3.63, 3.8) is 0 Å². The van der Waals surface area contributed by atoms with Gasteiger partial charge in [-0.3, -0.25) is 14.9 Å². The van der Waals surface area contributed by atoms with Gasteiger partial charge < -0.3 is 0 Å². The van der Waals surface area contributed by atoms with Gasteiger partial charge in [0.15, 0.2) is 0 Å². The van der Waals surface area contributed by atoms with Crippen LogP contribution in [0.5, 0.6) is 0 Å². The molecule has 0 heterocycles. The number of carbonyl (C=O) groups excluding carboxylic acids is 1. The summed E-state index contributed by atoms with van der Waals surface area (Å²) < 4.78 is 12.7. The minimum absolute atomic E-state index is 0.0185. The van der Waals surface area contributed by atoms with Crippen LogP contribution in [0.15, 0.2) is 53.4 Å². The minimum atomic E-state index is -0.464. The maximum atomic E-state index is 12.7. The number of nitrogens with zero attached hydrogens (tertiary/aromatic N) is 1. The van der Waals surface area contributed by atoms with E-state index in [2.05, 4.69) is 0 Å². The lowest BCUT2D eigenvalue weighted by atomic mass is 10.1. The van der Waals surface area contributed by atoms with Gasteiger partial charge in [-0.25, -0.2) is 4.39 Å². The van der Waals surface area contributed by atoms with Gasteiger partial charge in [-0.2, -0.15) is 0 Å². The number of hydrogen-bond donors (Lipinski definition) is 0. The molecule has 4 nitrogen and oxygen atoms in total. The fraction of sp³-hybridized carbons (Fsp3) is 0.133. The van der Waals surface area contributed by atoms with Crippen molar-refractivity contribution in [1.82, 2.24) is 0 Å². The molecule has 0 amide bonds. The van der Waals surface area contributed by atoms with Crippen LogP contribution >= 0.6 is 11.8 Å². The normalized spacial score (nSPS) is 10.3. The molecule has 0 aliphatic carbocycles. The first-order chi connectivity index (χ1) is 10.0. The highest BCUT2D eigenvalue weighted by molar-refractivity contribution is 8.00. The second-order valence-electron chi connectivity index (χ2n) is 4.38. The van der Waals surface area contributed by atoms with Crippen LogP contribution in [0.3, 0.4) is 0 Å². The third-order valence-corrected chi connectivity index (χ3v) is 3.83. The molecule has 0 radical (unpaired) electrons. The van der Waals surface area contributed by atoms with Crippen LogP contribution in [-0.4, -0.2) is 16.5 Å². The largest absolute Gasteiger partial charge is 0.298 e. The molecule has 2 aromatic rings. The van der Waals surface area contributed by atoms with E-state index < -0.39 is 4.92 Å². The summed E-state index contributed by atoms with van der Waals surface area (Å²) in [7, 11) is 0. The van der Waals surface area contributed by atoms with Crippen molar-refractivity contribution in [3.8, 4) is 0 Å². The zero-order valence-corrected chi connectivity index (χ0v) is 11.8. The molecular weight excluding hydrogens is 293 g/mol. The molecule has 0 atom stereocenters. The van der Waals surface area contributed by atoms with Gasteiger partial charge in [0.1, 0.15) is 11.6 Å². The minimum Gasteiger partial charge on any atom is -0.298 e. The first-order valence-corrected chi connectivity index (χ1v) is 7.16. The lowest BCUT2D eigenvalue weighted by molar-refractivity contribution is -0.384. The van der Waals surface area contributed by atoms with Crippen LogP contribution in [0, 0.1) is 15.9 Å². The Labute approximate surface area is 125 Å². The Kier molecular flexibility index (Phi) is 5.05. The van der Waals surface area contributed by atoms with Crippen LogP contribution in [0.4, 0.5) is 10.1 Å². The van der Waals surface area contributed by atoms with E-state index in [1.54, 1.807) is 24.3 Å². The molecule has 0 aliphatic heterocycles. The smallest absolute Gasteiger partial charge is 0.269 e. The third kappa shape index (κ3) is 4.68. The Balaban J connectivity index is 1.86. The summed E-state index contributed by atoms with van der Waals surface area (Å²) >= 11 is 1.33. The van der Waals surface area contributed by atoms with Crippen molar-refractivity contribution in [3.05, 3.63) is 70.0 Å². The van der Waals surface area contributed by atoms with Gasteiger partial charge in [0, 0.05) is 23.4 Å². The van der Waals surface area contributed by atoms with Gasteiger partial charge in [0.2, 0.25) is 0 Å². The highest BCUT2D eigenvalue weighted by Crippen LogP contribution is 2.21. The zero-order chi connectivity index (χ0) is 15.2. The molecule has 2 aromatic carbocycles. The number of Topliss-reactive ketones (excluding diaryl/α,β-unsaturated/α-hetero) is 1. The van der Waals surface area contributed by atoms with Gasteiger partial charge in [-0.1, -0.05) is 12.1 Å². The lowest BCUT2D eigenvalue weighted by Gasteiger charge is -2.02. The number of nitro benzene ring substituents is 1. The van der Waals surface area contributed by atoms with Gasteiger partial charge in [-0.15, -0.1) is 11.8 Å². The molecule has 0 fully saturated rings. The predicted molar refractivity (Wildman–Crippen MR) is 78.9 cm³/mol. The van der Waals surface area contributed by atoms with Crippen LogP contribution in [-0.2, 0) is 11.2 Å². The molecule has 0 unspecified atom stereocenters. The van der Waals surface area contributed by atoms with Crippen molar-refractivity contribution in [2.75, 3.05) is 5.75 Å². The van der Waals surface area contributed by atoms with Gasteiger partial charge >= 0.3 is 0 Å². The summed E-state index contributed by atoms with van der Waals surface area (Å²) in [5, 5.41) is 10.5. The van der Waals surface area contributed by atoms with Crippen LogP contribution in [0.2, 0.25) is 0 Å². The number of ketones is 1. The highest BCUT2D eigenvalue weighted by Gasteiger charge is 2.07. The molecule has 0 bridgehead atoms. The number of nitro groups is 1. The molecule has 0 saturated heterocycles. The average molecular weight is 305 g/mol.